The Balaban J connectivity index is 1.68. The molecule has 3 aromatic rings. The molecule has 2 amide bonds. The molecule has 0 spiro atoms. The van der Waals surface area contributed by atoms with E-state index in [1.54, 1.807) is 16.7 Å². The standard InChI is InChI=1S/C18H17ClN6O5S/c19-13-8-11(25(28)29)3-4-14(13)21-17(27)10-31-18-23-22-16(6-5-15(20)26)24(18)9-12-2-1-7-30-12/h1-4,7-8H,5-6,9-10H2,(H2,20,26)(H,21,27). The minimum atomic E-state index is -0.574. The van der Waals surface area contributed by atoms with Gasteiger partial charge in [0.25, 0.3) is 5.69 Å². The molecule has 31 heavy (non-hydrogen) atoms. The summed E-state index contributed by atoms with van der Waals surface area (Å²) in [5, 5.41) is 22.1. The summed E-state index contributed by atoms with van der Waals surface area (Å²) in [6.07, 6.45) is 1.95. The Bertz CT molecular complexity index is 1100. The third-order valence-corrected chi connectivity index (χ3v) is 5.33. The molecule has 13 heteroatoms. The van der Waals surface area contributed by atoms with Gasteiger partial charge in [-0.1, -0.05) is 23.4 Å². The quantitative estimate of drug-likeness (QED) is 0.263. The van der Waals surface area contributed by atoms with Gasteiger partial charge in [-0.3, -0.25) is 24.3 Å². The second kappa shape index (κ2) is 10.1. The first-order chi connectivity index (χ1) is 14.8. The normalized spacial score (nSPS) is 10.7. The number of carbonyl (C=O) groups excluding carboxylic acids is 2. The Morgan fingerprint density at radius 1 is 1.32 bits per heavy atom. The molecule has 162 valence electrons. The number of anilines is 1. The first-order valence-corrected chi connectivity index (χ1v) is 10.3. The van der Waals surface area contributed by atoms with E-state index in [0.717, 1.165) is 17.8 Å². The van der Waals surface area contributed by atoms with Crippen molar-refractivity contribution in [3.05, 3.63) is 63.3 Å². The number of primary amides is 1. The molecule has 0 atom stereocenters. The summed E-state index contributed by atoms with van der Waals surface area (Å²) < 4.78 is 7.12. The smallest absolute Gasteiger partial charge is 0.271 e. The van der Waals surface area contributed by atoms with Crippen LogP contribution in [0.1, 0.15) is 18.0 Å². The molecule has 3 rings (SSSR count). The molecule has 0 fully saturated rings. The van der Waals surface area contributed by atoms with E-state index in [1.807, 2.05) is 0 Å². The first-order valence-electron chi connectivity index (χ1n) is 8.93. The molecule has 0 aliphatic carbocycles. The number of nitrogens with one attached hydrogen (secondary N) is 1. The van der Waals surface area contributed by atoms with Crippen molar-refractivity contribution in [1.82, 2.24) is 14.8 Å². The topological polar surface area (TPSA) is 159 Å². The number of carbonyl (C=O) groups is 2. The van der Waals surface area contributed by atoms with Gasteiger partial charge in [0, 0.05) is 25.0 Å². The van der Waals surface area contributed by atoms with E-state index >= 15 is 0 Å². The second-order valence-electron chi connectivity index (χ2n) is 6.29. The highest BCUT2D eigenvalue weighted by atomic mass is 35.5. The largest absolute Gasteiger partial charge is 0.467 e. The number of aryl methyl sites for hydroxylation is 1. The van der Waals surface area contributed by atoms with E-state index in [0.29, 0.717) is 29.7 Å². The number of furan rings is 1. The molecule has 0 bridgehead atoms. The average molecular weight is 465 g/mol. The van der Waals surface area contributed by atoms with Crippen molar-refractivity contribution in [2.45, 2.75) is 24.5 Å². The maximum Gasteiger partial charge on any atom is 0.271 e. The molecule has 3 N–H and O–H groups in total. The Morgan fingerprint density at radius 2 is 2.13 bits per heavy atom. The van der Waals surface area contributed by atoms with Gasteiger partial charge in [0.05, 0.1) is 34.2 Å². The maximum atomic E-state index is 12.3. The Kier molecular flexibility index (Phi) is 7.26. The van der Waals surface area contributed by atoms with Gasteiger partial charge in [0.2, 0.25) is 11.8 Å². The number of halogens is 1. The summed E-state index contributed by atoms with van der Waals surface area (Å²) in [6.45, 7) is 0.326. The summed E-state index contributed by atoms with van der Waals surface area (Å²) in [6, 6.07) is 7.31. The van der Waals surface area contributed by atoms with E-state index in [9.17, 15) is 19.7 Å². The lowest BCUT2D eigenvalue weighted by Gasteiger charge is -2.09. The summed E-state index contributed by atoms with van der Waals surface area (Å²) in [5.74, 6) is 0.341. The number of nitrogens with two attached hydrogens (primary N) is 1. The van der Waals surface area contributed by atoms with Crippen LogP contribution in [0.4, 0.5) is 11.4 Å². The lowest BCUT2D eigenvalue weighted by Crippen LogP contribution is -2.16. The van der Waals surface area contributed by atoms with Crippen LogP contribution >= 0.6 is 23.4 Å². The number of amides is 2. The fourth-order valence-electron chi connectivity index (χ4n) is 2.60. The molecule has 1 aromatic carbocycles. The van der Waals surface area contributed by atoms with Gasteiger partial charge in [-0.25, -0.2) is 0 Å². The number of hydrogen-bond acceptors (Lipinski definition) is 8. The number of thioether (sulfide) groups is 1. The number of benzene rings is 1. The number of non-ortho nitro benzene ring substituents is 1. The van der Waals surface area contributed by atoms with Gasteiger partial charge < -0.3 is 15.5 Å². The van der Waals surface area contributed by atoms with E-state index < -0.39 is 10.8 Å². The van der Waals surface area contributed by atoms with Gasteiger partial charge in [-0.2, -0.15) is 0 Å². The van der Waals surface area contributed by atoms with Gasteiger partial charge in [-0.15, -0.1) is 10.2 Å². The molecular weight excluding hydrogens is 448 g/mol. The van der Waals surface area contributed by atoms with Gasteiger partial charge >= 0.3 is 0 Å². The number of aromatic nitrogens is 3. The molecule has 2 aromatic heterocycles. The zero-order valence-electron chi connectivity index (χ0n) is 16.0. The van der Waals surface area contributed by atoms with Crippen LogP contribution in [0.2, 0.25) is 5.02 Å². The first kappa shape index (κ1) is 22.3. The lowest BCUT2D eigenvalue weighted by molar-refractivity contribution is -0.384. The fourth-order valence-corrected chi connectivity index (χ4v) is 3.58. The van der Waals surface area contributed by atoms with Crippen LogP contribution < -0.4 is 11.1 Å². The summed E-state index contributed by atoms with van der Waals surface area (Å²) in [7, 11) is 0. The highest BCUT2D eigenvalue weighted by Gasteiger charge is 2.17. The van der Waals surface area contributed by atoms with Crippen LogP contribution in [0.15, 0.2) is 46.2 Å². The van der Waals surface area contributed by atoms with Crippen molar-refractivity contribution in [3.63, 3.8) is 0 Å². The molecule has 0 aliphatic heterocycles. The number of nitro groups is 1. The highest BCUT2D eigenvalue weighted by molar-refractivity contribution is 7.99. The maximum absolute atomic E-state index is 12.3. The molecule has 11 nitrogen and oxygen atoms in total. The van der Waals surface area contributed by atoms with Gasteiger partial charge in [0.15, 0.2) is 5.16 Å². The molecule has 2 heterocycles. The fraction of sp³-hybridized carbons (Fsp3) is 0.222. The number of nitrogens with zero attached hydrogens (tertiary/aromatic N) is 4. The SMILES string of the molecule is NC(=O)CCc1nnc(SCC(=O)Nc2ccc([N+](=O)[O-])cc2Cl)n1Cc1ccco1. The van der Waals surface area contributed by atoms with Crippen LogP contribution in [0.25, 0.3) is 0 Å². The lowest BCUT2D eigenvalue weighted by atomic mass is 10.3. The van der Waals surface area contributed by atoms with Gasteiger partial charge in [-0.05, 0) is 18.2 Å². The molecule has 0 unspecified atom stereocenters. The Hall–Kier alpha value is -3.38. The molecule has 0 saturated heterocycles. The zero-order chi connectivity index (χ0) is 22.4. The monoisotopic (exact) mass is 464 g/mol. The van der Waals surface area contributed by atoms with E-state index in [-0.39, 0.29) is 34.5 Å². The van der Waals surface area contributed by atoms with E-state index in [2.05, 4.69) is 15.5 Å². The van der Waals surface area contributed by atoms with Crippen molar-refractivity contribution in [2.24, 2.45) is 5.73 Å². The van der Waals surface area contributed by atoms with E-state index in [1.165, 1.54) is 18.4 Å². The number of rotatable bonds is 10. The number of hydrogen-bond donors (Lipinski definition) is 2. The second-order valence-corrected chi connectivity index (χ2v) is 7.64. The third-order valence-electron chi connectivity index (χ3n) is 4.05. The van der Waals surface area contributed by atoms with Gasteiger partial charge in [0.1, 0.15) is 11.6 Å². The number of nitro benzene ring substituents is 1. The summed E-state index contributed by atoms with van der Waals surface area (Å²) in [4.78, 5) is 33.7. The zero-order valence-corrected chi connectivity index (χ0v) is 17.6. The van der Waals surface area contributed by atoms with Crippen molar-refractivity contribution >= 4 is 46.6 Å². The Labute approximate surface area is 185 Å². The Morgan fingerprint density at radius 3 is 2.77 bits per heavy atom. The van der Waals surface area contributed by atoms with Crippen LogP contribution in [0.3, 0.4) is 0 Å². The van der Waals surface area contributed by atoms with Crippen LogP contribution in [-0.2, 0) is 22.6 Å². The predicted molar refractivity (Wildman–Crippen MR) is 113 cm³/mol. The van der Waals surface area contributed by atoms with Crippen molar-refractivity contribution < 1.29 is 18.9 Å². The average Bonchev–Trinajstić information content (AvgIpc) is 3.36. The van der Waals surface area contributed by atoms with E-state index in [4.69, 9.17) is 21.8 Å². The van der Waals surface area contributed by atoms with Crippen molar-refractivity contribution in [2.75, 3.05) is 11.1 Å². The van der Waals surface area contributed by atoms with Crippen molar-refractivity contribution in [3.8, 4) is 0 Å². The summed E-state index contributed by atoms with van der Waals surface area (Å²) in [5.41, 5.74) is 5.31. The third kappa shape index (κ3) is 6.06. The molecule has 0 saturated carbocycles. The molecule has 0 aliphatic rings. The van der Waals surface area contributed by atoms with Crippen LogP contribution in [-0.4, -0.2) is 37.3 Å². The predicted octanol–water partition coefficient (Wildman–Crippen LogP) is 2.63. The highest BCUT2D eigenvalue weighted by Crippen LogP contribution is 2.27. The van der Waals surface area contributed by atoms with Crippen LogP contribution in [0.5, 0.6) is 0 Å². The van der Waals surface area contributed by atoms with Crippen molar-refractivity contribution in [1.29, 1.82) is 0 Å². The molecule has 0 radical (unpaired) electrons. The minimum Gasteiger partial charge on any atom is -0.467 e. The van der Waals surface area contributed by atoms with Crippen LogP contribution in [0, 0.1) is 10.1 Å². The summed E-state index contributed by atoms with van der Waals surface area (Å²) >= 11 is 7.14. The minimum absolute atomic E-state index is 0.0145. The molecular formula is C18H17ClN6O5S.